The summed E-state index contributed by atoms with van der Waals surface area (Å²) in [6, 6.07) is 8.36. The van der Waals surface area contributed by atoms with Gasteiger partial charge in [0, 0.05) is 6.07 Å². The molecule has 10 heteroatoms. The van der Waals surface area contributed by atoms with Crippen molar-refractivity contribution in [3.63, 3.8) is 0 Å². The minimum Gasteiger partial charge on any atom is -0.495 e. The zero-order chi connectivity index (χ0) is 20.4. The second-order valence-electron chi connectivity index (χ2n) is 6.08. The van der Waals surface area contributed by atoms with Crippen LogP contribution in [0.2, 0.25) is 0 Å². The lowest BCUT2D eigenvalue weighted by atomic mass is 10.1. The molecule has 2 heterocycles. The maximum atomic E-state index is 12.8. The number of aromatic nitrogens is 1. The van der Waals surface area contributed by atoms with Gasteiger partial charge in [-0.3, -0.25) is 14.5 Å². The molecule has 3 rings (SSSR count). The Labute approximate surface area is 160 Å². The molecule has 0 radical (unpaired) electrons. The molecule has 2 amide bonds. The quantitative estimate of drug-likeness (QED) is 0.616. The molecule has 146 valence electrons. The van der Waals surface area contributed by atoms with Crippen LogP contribution in [0.25, 0.3) is 0 Å². The number of nitrogens with zero attached hydrogens (tertiary/aromatic N) is 3. The Hall–Kier alpha value is -3.69. The summed E-state index contributed by atoms with van der Waals surface area (Å²) in [5, 5.41) is 13.8. The van der Waals surface area contributed by atoms with Crippen molar-refractivity contribution in [2.24, 2.45) is 0 Å². The summed E-state index contributed by atoms with van der Waals surface area (Å²) in [4.78, 5) is 40.9. The molecule has 2 aromatic rings. The minimum absolute atomic E-state index is 0.0695. The van der Waals surface area contributed by atoms with Crippen LogP contribution in [0.1, 0.15) is 13.8 Å². The predicted molar refractivity (Wildman–Crippen MR) is 99.6 cm³/mol. The second kappa shape index (κ2) is 7.51. The van der Waals surface area contributed by atoms with Gasteiger partial charge < -0.3 is 24.9 Å². The van der Waals surface area contributed by atoms with E-state index in [1.165, 1.54) is 33.1 Å². The van der Waals surface area contributed by atoms with Gasteiger partial charge in [-0.2, -0.15) is 0 Å². The highest BCUT2D eigenvalue weighted by Gasteiger charge is 2.41. The Kier molecular flexibility index (Phi) is 5.12. The van der Waals surface area contributed by atoms with E-state index in [1.807, 2.05) is 0 Å². The monoisotopic (exact) mass is 386 g/mol. The van der Waals surface area contributed by atoms with E-state index in [1.54, 1.807) is 24.3 Å². The van der Waals surface area contributed by atoms with E-state index in [2.05, 4.69) is 10.3 Å². The van der Waals surface area contributed by atoms with Crippen LogP contribution < -0.4 is 19.7 Å². The van der Waals surface area contributed by atoms with Crippen molar-refractivity contribution in [1.29, 1.82) is 0 Å². The average Bonchev–Trinajstić information content (AvgIpc) is 2.68. The summed E-state index contributed by atoms with van der Waals surface area (Å²) in [6.07, 6.45) is -0.864. The number of methoxy groups -OCH3 is 1. The Balaban J connectivity index is 1.95. The molecule has 0 saturated carbocycles. The first-order valence-corrected chi connectivity index (χ1v) is 8.42. The van der Waals surface area contributed by atoms with E-state index >= 15 is 0 Å². The van der Waals surface area contributed by atoms with E-state index in [-0.39, 0.29) is 11.6 Å². The molecule has 1 aromatic heterocycles. The number of para-hydroxylation sites is 2. The SMILES string of the molecule is COc1ccccc1NC(=O)C(C)N1C(=O)C(C)Oc2ccc([N+](=O)[O-])nc21. The summed E-state index contributed by atoms with van der Waals surface area (Å²) in [6.45, 7) is 3.04. The summed E-state index contributed by atoms with van der Waals surface area (Å²) < 4.78 is 10.7. The first-order chi connectivity index (χ1) is 13.3. The Morgan fingerprint density at radius 2 is 2.07 bits per heavy atom. The Bertz CT molecular complexity index is 947. The van der Waals surface area contributed by atoms with Crippen LogP contribution in [0.4, 0.5) is 17.3 Å². The lowest BCUT2D eigenvalue weighted by Gasteiger charge is -2.32. The van der Waals surface area contributed by atoms with Crippen molar-refractivity contribution in [3.05, 3.63) is 46.5 Å². The van der Waals surface area contributed by atoms with Crippen LogP contribution in [0, 0.1) is 10.1 Å². The molecule has 0 aliphatic carbocycles. The van der Waals surface area contributed by atoms with Gasteiger partial charge in [0.2, 0.25) is 5.91 Å². The third-order valence-electron chi connectivity index (χ3n) is 4.26. The number of rotatable bonds is 5. The fourth-order valence-corrected chi connectivity index (χ4v) is 2.81. The minimum atomic E-state index is -1.00. The molecule has 0 bridgehead atoms. The van der Waals surface area contributed by atoms with E-state index < -0.39 is 34.7 Å². The molecule has 1 N–H and O–H groups in total. The van der Waals surface area contributed by atoms with Crippen LogP contribution in [-0.2, 0) is 9.59 Å². The van der Waals surface area contributed by atoms with Crippen LogP contribution in [0.3, 0.4) is 0 Å². The van der Waals surface area contributed by atoms with E-state index in [0.29, 0.717) is 11.4 Å². The van der Waals surface area contributed by atoms with Gasteiger partial charge in [-0.05, 0) is 42.0 Å². The molecule has 1 aromatic carbocycles. The van der Waals surface area contributed by atoms with Crippen LogP contribution in [-0.4, -0.2) is 41.0 Å². The van der Waals surface area contributed by atoms with Gasteiger partial charge in [-0.1, -0.05) is 12.1 Å². The maximum Gasteiger partial charge on any atom is 0.366 e. The fraction of sp³-hybridized carbons (Fsp3) is 0.278. The summed E-state index contributed by atoms with van der Waals surface area (Å²) in [5.41, 5.74) is 0.433. The van der Waals surface area contributed by atoms with E-state index in [9.17, 15) is 19.7 Å². The van der Waals surface area contributed by atoms with Crippen LogP contribution in [0.5, 0.6) is 11.5 Å². The van der Waals surface area contributed by atoms with Crippen LogP contribution >= 0.6 is 0 Å². The highest BCUT2D eigenvalue weighted by Crippen LogP contribution is 2.35. The highest BCUT2D eigenvalue weighted by molar-refractivity contribution is 6.07. The van der Waals surface area contributed by atoms with Crippen molar-refractivity contribution in [2.45, 2.75) is 26.0 Å². The molecular formula is C18H18N4O6. The molecule has 2 unspecified atom stereocenters. The summed E-state index contributed by atoms with van der Waals surface area (Å²) >= 11 is 0. The average molecular weight is 386 g/mol. The number of amides is 2. The number of fused-ring (bicyclic) bond motifs is 1. The van der Waals surface area contributed by atoms with Crippen molar-refractivity contribution < 1.29 is 24.0 Å². The topological polar surface area (TPSA) is 124 Å². The van der Waals surface area contributed by atoms with Crippen molar-refractivity contribution >= 4 is 29.1 Å². The standard InChI is InChI=1S/C18H18N4O6/c1-10(17(23)19-12-6-4-5-7-13(12)27-3)21-16-14(28-11(2)18(21)24)8-9-15(20-16)22(25)26/h4-11H,1-3H3,(H,19,23). The molecule has 1 aliphatic heterocycles. The number of ether oxygens (including phenoxy) is 2. The Morgan fingerprint density at radius 1 is 1.36 bits per heavy atom. The van der Waals surface area contributed by atoms with Gasteiger partial charge in [0.1, 0.15) is 11.8 Å². The number of nitrogens with one attached hydrogen (secondary N) is 1. The van der Waals surface area contributed by atoms with E-state index in [0.717, 1.165) is 4.90 Å². The zero-order valence-corrected chi connectivity index (χ0v) is 15.4. The normalized spacial score (nSPS) is 16.6. The summed E-state index contributed by atoms with van der Waals surface area (Å²) in [7, 11) is 1.47. The van der Waals surface area contributed by atoms with Gasteiger partial charge in [0.15, 0.2) is 11.9 Å². The zero-order valence-electron chi connectivity index (χ0n) is 15.4. The maximum absolute atomic E-state index is 12.8. The summed E-state index contributed by atoms with van der Waals surface area (Å²) in [5.74, 6) is -0.907. The van der Waals surface area contributed by atoms with Crippen molar-refractivity contribution in [3.8, 4) is 11.5 Å². The molecule has 0 spiro atoms. The van der Waals surface area contributed by atoms with Crippen molar-refractivity contribution in [2.75, 3.05) is 17.3 Å². The smallest absolute Gasteiger partial charge is 0.366 e. The van der Waals surface area contributed by atoms with Gasteiger partial charge in [0.05, 0.1) is 12.8 Å². The number of nitro groups is 1. The number of carbonyl (C=O) groups excluding carboxylic acids is 2. The van der Waals surface area contributed by atoms with Crippen molar-refractivity contribution in [1.82, 2.24) is 4.98 Å². The molecule has 1 aliphatic rings. The number of pyridine rings is 1. The number of hydrogen-bond donors (Lipinski definition) is 1. The van der Waals surface area contributed by atoms with Gasteiger partial charge in [0.25, 0.3) is 11.7 Å². The van der Waals surface area contributed by atoms with E-state index in [4.69, 9.17) is 9.47 Å². The first kappa shape index (κ1) is 19.1. The fourth-order valence-electron chi connectivity index (χ4n) is 2.81. The lowest BCUT2D eigenvalue weighted by molar-refractivity contribution is -0.389. The van der Waals surface area contributed by atoms with Gasteiger partial charge in [-0.25, -0.2) is 0 Å². The molecule has 2 atom stereocenters. The number of anilines is 2. The second-order valence-corrected chi connectivity index (χ2v) is 6.08. The molecular weight excluding hydrogens is 368 g/mol. The largest absolute Gasteiger partial charge is 0.495 e. The molecule has 0 fully saturated rings. The van der Waals surface area contributed by atoms with Crippen LogP contribution in [0.15, 0.2) is 36.4 Å². The predicted octanol–water partition coefficient (Wildman–Crippen LogP) is 2.14. The highest BCUT2D eigenvalue weighted by atomic mass is 16.6. The third-order valence-corrected chi connectivity index (χ3v) is 4.26. The Morgan fingerprint density at radius 3 is 2.75 bits per heavy atom. The number of hydrogen-bond acceptors (Lipinski definition) is 7. The molecule has 28 heavy (non-hydrogen) atoms. The number of benzene rings is 1. The first-order valence-electron chi connectivity index (χ1n) is 8.42. The lowest BCUT2D eigenvalue weighted by Crippen LogP contribution is -2.53. The molecule has 0 saturated heterocycles. The molecule has 10 nitrogen and oxygen atoms in total. The number of carbonyl (C=O) groups is 2. The van der Waals surface area contributed by atoms with Gasteiger partial charge in [-0.15, -0.1) is 0 Å². The third kappa shape index (κ3) is 3.43. The van der Waals surface area contributed by atoms with Gasteiger partial charge >= 0.3 is 5.82 Å².